The molecule has 0 aliphatic rings. The van der Waals surface area contributed by atoms with E-state index in [1.807, 2.05) is 171 Å². The summed E-state index contributed by atoms with van der Waals surface area (Å²) in [5.74, 6) is -4.34. The molecule has 0 spiro atoms. The summed E-state index contributed by atoms with van der Waals surface area (Å²) in [5.41, 5.74) is 14.6. The lowest BCUT2D eigenvalue weighted by Crippen LogP contribution is -2.04. The number of aryl methyl sites for hydroxylation is 2. The number of imidazole rings is 5. The van der Waals surface area contributed by atoms with Crippen LogP contribution in [-0.2, 0) is 0 Å². The summed E-state index contributed by atoms with van der Waals surface area (Å²) in [6.45, 7) is 3.60. The van der Waals surface area contributed by atoms with E-state index in [4.69, 9.17) is 21.6 Å². The zero-order valence-electron chi connectivity index (χ0n) is 73.4. The minimum Gasteiger partial charge on any atom is -0.478 e. The van der Waals surface area contributed by atoms with Gasteiger partial charge in [-0.1, -0.05) is 181 Å². The van der Waals surface area contributed by atoms with Crippen molar-refractivity contribution < 1.29 is 58.3 Å². The van der Waals surface area contributed by atoms with Crippen LogP contribution in [0.3, 0.4) is 0 Å². The molecule has 15 N–H and O–H groups in total. The van der Waals surface area contributed by atoms with Gasteiger partial charge in [-0.15, -0.1) is 0 Å². The van der Waals surface area contributed by atoms with Gasteiger partial charge in [0, 0.05) is 150 Å². The number of aromatic amines is 10. The van der Waals surface area contributed by atoms with Crippen LogP contribution in [-0.4, -0.2) is 130 Å². The standard InChI is InChI=1S/2C22H17N3O3.C21H14ClN3O3.2C21H14FN3O3/c1-13-9-16(11-17(10-13)22(27)28)20-19(15-7-8-23-18(26)12-15)24-21(25-20)14-5-3-2-4-6-14;1-13-7-8-15(11-17(13)22(27)28)19-20(16-9-10-23-18(26)12-16)25-21(24-19)14-5-3-2-4-6-14;22-16-9-14(8-15(10-16)21(27)28)19-18(13-6-7-23-17(26)11-13)24-20(25-19)12-4-2-1-3-5-12;22-17-14(7-4-8-15(17)21(27)28)19-18(13-9-10-23-16(26)11-13)24-20(25-19)12-5-2-1-3-6-12;22-16-9-14(8-15(10-16)21(27)28)19-18(13-6-7-23-17(26)11-13)24-20(25-19)12-4-2-1-3-5-12/h2*2-12H,1H3,(H,23,26)(H,24,25)(H,27,28);3*1-11H,(H,23,26)(H,24,25)(H,27,28). The highest BCUT2D eigenvalue weighted by molar-refractivity contribution is 6.31. The molecular weight excluding hydrogens is 1810 g/mol. The Bertz CT molecular complexity index is 7920. The Balaban J connectivity index is 0.000000126. The smallest absolute Gasteiger partial charge is 0.338 e. The minimum absolute atomic E-state index is 0.0589. The lowest BCUT2D eigenvalue weighted by Gasteiger charge is -2.06. The molecule has 0 amide bonds. The fourth-order valence-corrected chi connectivity index (χ4v) is 15.5. The van der Waals surface area contributed by atoms with Crippen LogP contribution in [0.25, 0.3) is 170 Å². The van der Waals surface area contributed by atoms with Crippen molar-refractivity contribution in [2.75, 3.05) is 0 Å². The van der Waals surface area contributed by atoms with Crippen LogP contribution >= 0.6 is 11.6 Å². The van der Waals surface area contributed by atoms with E-state index in [1.54, 1.807) is 86.2 Å². The number of rotatable bonds is 20. The summed E-state index contributed by atoms with van der Waals surface area (Å²) in [5, 5.41) is 47.0. The number of nitrogens with one attached hydrogen (secondary N) is 10. The maximum absolute atomic E-state index is 14.9. The molecule has 30 nitrogen and oxygen atoms in total. The lowest BCUT2D eigenvalue weighted by atomic mass is 10.0. The number of carbonyl (C=O) groups is 5. The maximum atomic E-state index is 14.9. The van der Waals surface area contributed by atoms with Crippen LogP contribution in [0.15, 0.2) is 358 Å². The Morgan fingerprint density at radius 1 is 0.264 bits per heavy atom. The second kappa shape index (κ2) is 41.7. The Morgan fingerprint density at radius 2 is 0.564 bits per heavy atom. The molecule has 20 rings (SSSR count). The lowest BCUT2D eigenvalue weighted by molar-refractivity contribution is 0.0681. The third kappa shape index (κ3) is 21.9. The predicted octanol–water partition coefficient (Wildman–Crippen LogP) is 20.5. The van der Waals surface area contributed by atoms with Crippen LogP contribution in [0.5, 0.6) is 0 Å². The summed E-state index contributed by atoms with van der Waals surface area (Å²) >= 11 is 6.14. The number of nitrogens with zero attached hydrogens (tertiary/aromatic N) is 5. The number of aromatic carboxylic acids is 5. The third-order valence-electron chi connectivity index (χ3n) is 21.7. The van der Waals surface area contributed by atoms with Crippen molar-refractivity contribution in [1.82, 2.24) is 74.8 Å². The summed E-state index contributed by atoms with van der Waals surface area (Å²) in [4.78, 5) is 168. The molecule has 10 aromatic carbocycles. The molecule has 0 aliphatic heterocycles. The van der Waals surface area contributed by atoms with E-state index in [9.17, 15) is 82.3 Å². The third-order valence-corrected chi connectivity index (χ3v) is 22.0. The molecule has 0 bridgehead atoms. The predicted molar refractivity (Wildman–Crippen MR) is 527 cm³/mol. The van der Waals surface area contributed by atoms with E-state index < -0.39 is 47.0 Å². The second-order valence-corrected chi connectivity index (χ2v) is 31.8. The number of pyridine rings is 5. The van der Waals surface area contributed by atoms with Crippen LogP contribution in [0.4, 0.5) is 8.78 Å². The second-order valence-electron chi connectivity index (χ2n) is 31.4. The van der Waals surface area contributed by atoms with Gasteiger partial charge in [0.1, 0.15) is 40.8 Å². The first-order valence-corrected chi connectivity index (χ1v) is 43.0. The van der Waals surface area contributed by atoms with E-state index in [2.05, 4.69) is 64.8 Å². The molecule has 20 aromatic rings. The van der Waals surface area contributed by atoms with Crippen LogP contribution in [0.2, 0.25) is 5.02 Å². The van der Waals surface area contributed by atoms with E-state index in [0.717, 1.165) is 39.4 Å². The number of carboxylic acid groups (broad SMARTS) is 5. The van der Waals surface area contributed by atoms with Gasteiger partial charge in [-0.05, 0) is 128 Å². The number of hydrogen-bond acceptors (Lipinski definition) is 15. The number of benzene rings is 10. The van der Waals surface area contributed by atoms with Crippen molar-refractivity contribution in [2.45, 2.75) is 13.8 Å². The number of halogens is 3. The fraction of sp³-hybridized carbons (Fsp3) is 0.0187. The van der Waals surface area contributed by atoms with Gasteiger partial charge in [0.05, 0.1) is 84.8 Å². The van der Waals surface area contributed by atoms with Gasteiger partial charge in [0.25, 0.3) is 0 Å². The monoisotopic (exact) mass is 1880 g/mol. The largest absolute Gasteiger partial charge is 0.478 e. The van der Waals surface area contributed by atoms with E-state index in [0.29, 0.717) is 142 Å². The summed E-state index contributed by atoms with van der Waals surface area (Å²) in [6, 6.07) is 85.6. The zero-order valence-corrected chi connectivity index (χ0v) is 74.2. The molecule has 0 saturated carbocycles. The van der Waals surface area contributed by atoms with E-state index >= 15 is 0 Å². The van der Waals surface area contributed by atoms with Crippen molar-refractivity contribution in [3.8, 4) is 170 Å². The summed E-state index contributed by atoms with van der Waals surface area (Å²) in [6.07, 6.45) is 7.66. The number of H-pyrrole nitrogens is 10. The van der Waals surface area contributed by atoms with Crippen molar-refractivity contribution in [3.05, 3.63) is 442 Å². The van der Waals surface area contributed by atoms with Gasteiger partial charge in [0.15, 0.2) is 0 Å². The van der Waals surface area contributed by atoms with E-state index in [-0.39, 0.29) is 60.6 Å². The molecule has 0 saturated heterocycles. The average molecular weight is 1890 g/mol. The highest BCUT2D eigenvalue weighted by atomic mass is 35.5. The van der Waals surface area contributed by atoms with Gasteiger partial charge in [0.2, 0.25) is 27.8 Å². The zero-order chi connectivity index (χ0) is 98.4. The molecule has 0 aliphatic carbocycles. The first-order chi connectivity index (χ1) is 67.6. The Morgan fingerprint density at radius 3 is 0.914 bits per heavy atom. The fourth-order valence-electron chi connectivity index (χ4n) is 15.2. The number of hydrogen-bond donors (Lipinski definition) is 15. The first kappa shape index (κ1) is 93.7. The normalized spacial score (nSPS) is 10.8. The van der Waals surface area contributed by atoms with Crippen molar-refractivity contribution in [2.24, 2.45) is 0 Å². The molecule has 690 valence electrons. The number of carboxylic acids is 5. The van der Waals surface area contributed by atoms with E-state index in [1.165, 1.54) is 85.2 Å². The van der Waals surface area contributed by atoms with Gasteiger partial charge in [-0.25, -0.2) is 57.7 Å². The molecule has 10 aromatic heterocycles. The van der Waals surface area contributed by atoms with Crippen LogP contribution in [0, 0.1) is 25.5 Å². The highest BCUT2D eigenvalue weighted by Crippen LogP contribution is 2.41. The van der Waals surface area contributed by atoms with Crippen molar-refractivity contribution in [3.63, 3.8) is 0 Å². The average Bonchev–Trinajstić information content (AvgIpc) is 1.64. The summed E-state index contributed by atoms with van der Waals surface area (Å²) < 4.78 is 28.9. The molecule has 33 heteroatoms. The van der Waals surface area contributed by atoms with Crippen molar-refractivity contribution >= 4 is 41.4 Å². The molecule has 0 atom stereocenters. The van der Waals surface area contributed by atoms with Crippen LogP contribution < -0.4 is 27.8 Å². The topological polar surface area (TPSA) is 494 Å². The summed E-state index contributed by atoms with van der Waals surface area (Å²) in [7, 11) is 0. The molecule has 0 unspecified atom stereocenters. The first-order valence-electron chi connectivity index (χ1n) is 42.6. The Hall–Kier alpha value is -19.5. The molecule has 0 radical (unpaired) electrons. The van der Waals surface area contributed by atoms with Gasteiger partial charge in [-0.2, -0.15) is 0 Å². The quantitative estimate of drug-likeness (QED) is 0.0337. The van der Waals surface area contributed by atoms with Gasteiger partial charge in [-0.3, -0.25) is 24.0 Å². The maximum Gasteiger partial charge on any atom is 0.338 e. The van der Waals surface area contributed by atoms with Crippen LogP contribution in [0.1, 0.15) is 62.9 Å². The van der Waals surface area contributed by atoms with Gasteiger partial charge < -0.3 is 75.4 Å². The highest BCUT2D eigenvalue weighted by Gasteiger charge is 2.27. The van der Waals surface area contributed by atoms with Gasteiger partial charge >= 0.3 is 29.8 Å². The Labute approximate surface area is 795 Å². The minimum atomic E-state index is -1.36. The molecular formula is C107H76ClF2N15O15. The Kier molecular flexibility index (Phi) is 27.9. The van der Waals surface area contributed by atoms with Crippen molar-refractivity contribution in [1.29, 1.82) is 0 Å². The molecule has 0 fully saturated rings. The number of aromatic nitrogens is 15. The molecule has 10 heterocycles. The molecule has 140 heavy (non-hydrogen) atoms. The SMILES string of the molecule is Cc1cc(C(=O)O)cc(-c2nc(-c3ccccc3)[nH]c2-c2cc[nH]c(=O)c2)c1.Cc1ccc(-c2nc(-c3ccccc3)[nH]c2-c2cc[nH]c(=O)c2)cc1C(=O)O.O=C(O)c1cc(Cl)cc(-c2nc(-c3ccccc3)[nH]c2-c2cc[nH]c(=O)c2)c1.O=C(O)c1cc(F)cc(-c2nc(-c3ccccc3)[nH]c2-c2cc[nH]c(=O)c2)c1.O=C(O)c1cccc(-c2[nH]c(-c3ccccc3)nc2-c2cc[nH]c(=O)c2)c1F.